The molecule has 0 bridgehead atoms. The molecule has 9 heteroatoms. The van der Waals surface area contributed by atoms with Crippen LogP contribution in [-0.2, 0) is 4.79 Å². The summed E-state index contributed by atoms with van der Waals surface area (Å²) in [7, 11) is 4.56. The highest BCUT2D eigenvalue weighted by Crippen LogP contribution is 2.40. The molecule has 1 saturated heterocycles. The van der Waals surface area contributed by atoms with Gasteiger partial charge in [-0.3, -0.25) is 9.69 Å². The second kappa shape index (κ2) is 8.38. The molecule has 2 aromatic rings. The molecule has 1 fully saturated rings. The van der Waals surface area contributed by atoms with Crippen LogP contribution in [0.25, 0.3) is 6.08 Å². The zero-order valence-corrected chi connectivity index (χ0v) is 17.5. The Morgan fingerprint density at radius 2 is 1.71 bits per heavy atom. The van der Waals surface area contributed by atoms with Crippen molar-refractivity contribution in [2.75, 3.05) is 26.2 Å². The van der Waals surface area contributed by atoms with Crippen molar-refractivity contribution in [3.63, 3.8) is 0 Å². The summed E-state index contributed by atoms with van der Waals surface area (Å²) < 4.78 is 29.7. The lowest BCUT2D eigenvalue weighted by Gasteiger charge is -2.15. The van der Waals surface area contributed by atoms with E-state index in [0.717, 1.165) is 11.8 Å². The maximum atomic E-state index is 13.4. The number of halogens is 2. The van der Waals surface area contributed by atoms with Crippen molar-refractivity contribution in [3.8, 4) is 17.2 Å². The Morgan fingerprint density at radius 3 is 2.32 bits per heavy atom. The maximum absolute atomic E-state index is 13.4. The zero-order chi connectivity index (χ0) is 20.4. The Hall–Kier alpha value is -2.29. The Labute approximate surface area is 176 Å². The first-order chi connectivity index (χ1) is 13.4. The molecule has 146 valence electrons. The van der Waals surface area contributed by atoms with E-state index in [4.69, 9.17) is 38.0 Å². The first-order valence-electron chi connectivity index (χ1n) is 7.92. The van der Waals surface area contributed by atoms with Crippen LogP contribution in [0.2, 0.25) is 5.02 Å². The lowest BCUT2D eigenvalue weighted by molar-refractivity contribution is -0.113. The van der Waals surface area contributed by atoms with Gasteiger partial charge in [0.05, 0.1) is 36.9 Å². The van der Waals surface area contributed by atoms with Crippen LogP contribution >= 0.6 is 35.6 Å². The Balaban J connectivity index is 2.01. The van der Waals surface area contributed by atoms with Crippen LogP contribution in [0.3, 0.4) is 0 Å². The fraction of sp³-hybridized carbons (Fsp3) is 0.158. The van der Waals surface area contributed by atoms with Gasteiger partial charge in [0.2, 0.25) is 0 Å². The van der Waals surface area contributed by atoms with Crippen molar-refractivity contribution >= 4 is 57.6 Å². The molecule has 0 radical (unpaired) electrons. The van der Waals surface area contributed by atoms with Crippen molar-refractivity contribution < 1.29 is 23.4 Å². The second-order valence-electron chi connectivity index (χ2n) is 5.56. The Kier molecular flexibility index (Phi) is 6.12. The van der Waals surface area contributed by atoms with Crippen LogP contribution < -0.4 is 19.1 Å². The molecule has 0 unspecified atom stereocenters. The smallest absolute Gasteiger partial charge is 0.270 e. The number of thioether (sulfide) groups is 1. The van der Waals surface area contributed by atoms with E-state index < -0.39 is 5.82 Å². The van der Waals surface area contributed by atoms with Crippen molar-refractivity contribution in [1.29, 1.82) is 0 Å². The van der Waals surface area contributed by atoms with Crippen molar-refractivity contribution in [1.82, 2.24) is 0 Å². The lowest BCUT2D eigenvalue weighted by atomic mass is 10.1. The van der Waals surface area contributed by atoms with Gasteiger partial charge in [0.15, 0.2) is 15.8 Å². The molecule has 0 N–H and O–H groups in total. The average Bonchev–Trinajstić information content (AvgIpc) is 2.96. The largest absolute Gasteiger partial charge is 0.496 e. The molecule has 1 heterocycles. The fourth-order valence-corrected chi connectivity index (χ4v) is 4.09. The van der Waals surface area contributed by atoms with E-state index in [0.29, 0.717) is 37.7 Å². The van der Waals surface area contributed by atoms with E-state index in [2.05, 4.69) is 0 Å². The van der Waals surface area contributed by atoms with Crippen LogP contribution in [0.15, 0.2) is 35.2 Å². The van der Waals surface area contributed by atoms with E-state index in [1.807, 2.05) is 0 Å². The van der Waals surface area contributed by atoms with Gasteiger partial charge in [0.25, 0.3) is 5.91 Å². The number of carbonyl (C=O) groups excluding carboxylic acids is 1. The fourth-order valence-electron chi connectivity index (χ4n) is 2.62. The quantitative estimate of drug-likeness (QED) is 0.487. The van der Waals surface area contributed by atoms with Crippen molar-refractivity contribution in [3.05, 3.63) is 51.6 Å². The van der Waals surface area contributed by atoms with Gasteiger partial charge in [-0.1, -0.05) is 35.6 Å². The highest BCUT2D eigenvalue weighted by Gasteiger charge is 2.34. The zero-order valence-electron chi connectivity index (χ0n) is 15.1. The third kappa shape index (κ3) is 3.80. The number of carbonyl (C=O) groups is 1. The van der Waals surface area contributed by atoms with Crippen molar-refractivity contribution in [2.24, 2.45) is 0 Å². The van der Waals surface area contributed by atoms with Gasteiger partial charge in [0.1, 0.15) is 11.6 Å². The molecule has 0 aromatic heterocycles. The lowest BCUT2D eigenvalue weighted by Crippen LogP contribution is -2.27. The van der Waals surface area contributed by atoms with Crippen LogP contribution in [-0.4, -0.2) is 31.6 Å². The molecule has 1 aliphatic heterocycles. The Bertz CT molecular complexity index is 996. The van der Waals surface area contributed by atoms with Gasteiger partial charge in [-0.15, -0.1) is 0 Å². The van der Waals surface area contributed by atoms with E-state index in [1.165, 1.54) is 44.4 Å². The third-order valence-electron chi connectivity index (χ3n) is 3.98. The van der Waals surface area contributed by atoms with Gasteiger partial charge < -0.3 is 14.2 Å². The number of benzene rings is 2. The predicted octanol–water partition coefficient (Wildman–Crippen LogP) is 4.91. The summed E-state index contributed by atoms with van der Waals surface area (Å²) in [4.78, 5) is 14.6. The Morgan fingerprint density at radius 1 is 1.07 bits per heavy atom. The molecule has 0 saturated carbocycles. The molecule has 1 amide bonds. The number of amides is 1. The maximum Gasteiger partial charge on any atom is 0.270 e. The third-order valence-corrected chi connectivity index (χ3v) is 5.57. The highest BCUT2D eigenvalue weighted by molar-refractivity contribution is 8.27. The molecule has 0 spiro atoms. The molecular formula is C19H15ClFNO4S2. The molecule has 28 heavy (non-hydrogen) atoms. The van der Waals surface area contributed by atoms with E-state index >= 15 is 0 Å². The monoisotopic (exact) mass is 439 g/mol. The molecule has 5 nitrogen and oxygen atoms in total. The van der Waals surface area contributed by atoms with Crippen LogP contribution in [0, 0.1) is 5.82 Å². The normalized spacial score (nSPS) is 15.3. The summed E-state index contributed by atoms with van der Waals surface area (Å²) in [6.45, 7) is 0. The topological polar surface area (TPSA) is 48.0 Å². The number of hydrogen-bond donors (Lipinski definition) is 0. The molecule has 0 atom stereocenters. The standard InChI is InChI=1S/C19H15ClFNO4S2/c1-24-14-9-16(26-3)15(25-2)6-10(14)7-17-18(23)22(19(27)28-17)11-4-5-13(21)12(20)8-11/h4-9H,1-3H3/b17-7+. The van der Waals surface area contributed by atoms with Crippen LogP contribution in [0.1, 0.15) is 5.56 Å². The summed E-state index contributed by atoms with van der Waals surface area (Å²) in [5.74, 6) is 0.601. The second-order valence-corrected chi connectivity index (χ2v) is 7.65. The molecular weight excluding hydrogens is 425 g/mol. The van der Waals surface area contributed by atoms with Gasteiger partial charge in [-0.2, -0.15) is 0 Å². The molecule has 3 rings (SSSR count). The summed E-state index contributed by atoms with van der Waals surface area (Å²) >= 11 is 12.3. The summed E-state index contributed by atoms with van der Waals surface area (Å²) in [6, 6.07) is 7.38. The number of thiocarbonyl (C=S) groups is 1. The average molecular weight is 440 g/mol. The van der Waals surface area contributed by atoms with Crippen molar-refractivity contribution in [2.45, 2.75) is 0 Å². The highest BCUT2D eigenvalue weighted by atomic mass is 35.5. The molecule has 1 aliphatic rings. The first-order valence-corrected chi connectivity index (χ1v) is 9.53. The van der Waals surface area contributed by atoms with Crippen LogP contribution in [0.5, 0.6) is 17.2 Å². The molecule has 0 aliphatic carbocycles. The summed E-state index contributed by atoms with van der Waals surface area (Å²) in [5.41, 5.74) is 1.02. The predicted molar refractivity (Wildman–Crippen MR) is 113 cm³/mol. The number of nitrogens with zero attached hydrogens (tertiary/aromatic N) is 1. The summed E-state index contributed by atoms with van der Waals surface area (Å²) in [6.07, 6.45) is 1.66. The molecule has 2 aromatic carbocycles. The number of anilines is 1. The van der Waals surface area contributed by atoms with Gasteiger partial charge in [-0.05, 0) is 30.3 Å². The van der Waals surface area contributed by atoms with E-state index in [-0.39, 0.29) is 10.9 Å². The van der Waals surface area contributed by atoms with Gasteiger partial charge in [0, 0.05) is 11.6 Å². The van der Waals surface area contributed by atoms with Gasteiger partial charge >= 0.3 is 0 Å². The van der Waals surface area contributed by atoms with Crippen LogP contribution in [0.4, 0.5) is 10.1 Å². The first kappa shape index (κ1) is 20.4. The van der Waals surface area contributed by atoms with E-state index in [1.54, 1.807) is 18.2 Å². The summed E-state index contributed by atoms with van der Waals surface area (Å²) in [5, 5.41) is -0.0860. The minimum atomic E-state index is -0.568. The number of methoxy groups -OCH3 is 3. The van der Waals surface area contributed by atoms with Gasteiger partial charge in [-0.25, -0.2) is 4.39 Å². The number of ether oxygens (including phenoxy) is 3. The number of rotatable bonds is 5. The van der Waals surface area contributed by atoms with E-state index in [9.17, 15) is 9.18 Å². The number of hydrogen-bond acceptors (Lipinski definition) is 6. The SMILES string of the molecule is COc1cc(OC)c(OC)cc1/C=C1/SC(=S)N(c2ccc(F)c(Cl)c2)C1=O. The minimum Gasteiger partial charge on any atom is -0.496 e. The minimum absolute atomic E-state index is 0.0860.